The molecule has 0 saturated heterocycles. The molecule has 24 heavy (non-hydrogen) atoms. The van der Waals surface area contributed by atoms with Crippen molar-refractivity contribution in [2.45, 2.75) is 19.3 Å². The third-order valence-electron chi connectivity index (χ3n) is 3.86. The van der Waals surface area contributed by atoms with Crippen LogP contribution in [-0.4, -0.2) is 10.9 Å². The van der Waals surface area contributed by atoms with E-state index in [9.17, 15) is 14.7 Å². The zero-order valence-electron chi connectivity index (χ0n) is 14.7. The topological polar surface area (TPSA) is 67.5 Å². The second-order valence-corrected chi connectivity index (χ2v) is 5.52. The van der Waals surface area contributed by atoms with Crippen molar-refractivity contribution in [3.8, 4) is 5.75 Å². The van der Waals surface area contributed by atoms with Crippen LogP contribution in [0.4, 0.5) is 0 Å². The number of Topliss-reactive ketones (excluding diaryl/α,β-unsaturated/α-hetero) is 1. The number of fused-ring (bicyclic) bond motifs is 1. The van der Waals surface area contributed by atoms with Crippen molar-refractivity contribution >= 4 is 16.8 Å². The van der Waals surface area contributed by atoms with E-state index in [2.05, 4.69) is 0 Å². The second kappa shape index (κ2) is 7.79. The molecule has 4 nitrogen and oxygen atoms in total. The molecule has 0 amide bonds. The van der Waals surface area contributed by atoms with E-state index in [4.69, 9.17) is 4.42 Å². The Hall–Kier alpha value is -1.88. The Kier molecular flexibility index (Phi) is 5.99. The maximum Gasteiger partial charge on any atom is 1.00 e. The first kappa shape index (κ1) is 18.5. The maximum atomic E-state index is 12.4. The van der Waals surface area contributed by atoms with E-state index in [0.717, 1.165) is 5.56 Å². The molecule has 1 heterocycles. The molecule has 0 aliphatic rings. The molecule has 0 bridgehead atoms. The number of rotatable bonds is 4. The molecule has 0 aliphatic carbocycles. The van der Waals surface area contributed by atoms with E-state index in [0.29, 0.717) is 11.0 Å². The van der Waals surface area contributed by atoms with Gasteiger partial charge >= 0.3 is 35.2 Å². The van der Waals surface area contributed by atoms with Gasteiger partial charge in [-0.3, -0.25) is 4.79 Å². The van der Waals surface area contributed by atoms with Gasteiger partial charge in [-0.2, -0.15) is 0 Å². The quantitative estimate of drug-likeness (QED) is 0.565. The Balaban J connectivity index is 0.00000156. The summed E-state index contributed by atoms with van der Waals surface area (Å²) in [6.45, 7) is 1.47. The first-order valence-corrected chi connectivity index (χ1v) is 7.37. The molecule has 5 heteroatoms. The summed E-state index contributed by atoms with van der Waals surface area (Å²) in [7, 11) is 0. The van der Waals surface area contributed by atoms with E-state index in [1.807, 2.05) is 30.3 Å². The number of para-hydroxylation sites is 1. The summed E-state index contributed by atoms with van der Waals surface area (Å²) in [5.74, 6) is -0.715. The van der Waals surface area contributed by atoms with Gasteiger partial charge in [-0.25, -0.2) is 4.79 Å². The van der Waals surface area contributed by atoms with Gasteiger partial charge in [-0.05, 0) is 24.6 Å². The first-order valence-electron chi connectivity index (χ1n) is 7.37. The van der Waals surface area contributed by atoms with Crippen molar-refractivity contribution in [2.75, 3.05) is 0 Å². The van der Waals surface area contributed by atoms with Gasteiger partial charge in [0.2, 0.25) is 0 Å². The van der Waals surface area contributed by atoms with Gasteiger partial charge in [0.25, 0.3) is 0 Å². The van der Waals surface area contributed by atoms with Crippen molar-refractivity contribution in [1.82, 2.24) is 0 Å². The third-order valence-corrected chi connectivity index (χ3v) is 3.86. The maximum absolute atomic E-state index is 12.4. The molecule has 1 N–H and O–H groups in total. The van der Waals surface area contributed by atoms with Gasteiger partial charge in [-0.1, -0.05) is 42.5 Å². The van der Waals surface area contributed by atoms with Gasteiger partial charge in [0.05, 0.1) is 10.9 Å². The summed E-state index contributed by atoms with van der Waals surface area (Å²) in [6.07, 6.45) is 0.126. The molecule has 2 aromatic carbocycles. The molecule has 0 radical (unpaired) electrons. The molecule has 0 saturated carbocycles. The smallest absolute Gasteiger partial charge is 1.00 e. The standard InChI is InChI=1S/C19H16O4.Na.H/c1-12(20)11-15(13-7-3-2-4-8-13)17-18(21)14-9-5-6-10-16(14)23-19(17)22;;/h2-10,15,21H,11H2,1H3;;/q;+1;-1. The van der Waals surface area contributed by atoms with Crippen molar-refractivity contribution in [1.29, 1.82) is 0 Å². The summed E-state index contributed by atoms with van der Waals surface area (Å²) in [5.41, 5.74) is 0.635. The van der Waals surface area contributed by atoms with Crippen molar-refractivity contribution in [3.63, 3.8) is 0 Å². The Labute approximate surface area is 162 Å². The summed E-state index contributed by atoms with van der Waals surface area (Å²) >= 11 is 0. The molecular weight excluding hydrogens is 315 g/mol. The minimum Gasteiger partial charge on any atom is -1.00 e. The number of ketones is 1. The SMILES string of the molecule is CC(=O)CC(c1ccccc1)c1c(O)c2ccccc2oc1=O.[H-].[Na+]. The average molecular weight is 332 g/mol. The van der Waals surface area contributed by atoms with Crippen LogP contribution in [-0.2, 0) is 4.79 Å². The molecule has 1 atom stereocenters. The van der Waals surface area contributed by atoms with Gasteiger partial charge in [-0.15, -0.1) is 0 Å². The second-order valence-electron chi connectivity index (χ2n) is 5.52. The van der Waals surface area contributed by atoms with E-state index in [1.54, 1.807) is 24.3 Å². The monoisotopic (exact) mass is 332 g/mol. The molecule has 0 aliphatic heterocycles. The summed E-state index contributed by atoms with van der Waals surface area (Å²) in [6, 6.07) is 16.0. The van der Waals surface area contributed by atoms with Gasteiger partial charge in [0, 0.05) is 12.3 Å². The van der Waals surface area contributed by atoms with Crippen LogP contribution in [0.5, 0.6) is 5.75 Å². The number of hydrogen-bond donors (Lipinski definition) is 1. The van der Waals surface area contributed by atoms with Crippen LogP contribution in [0, 0.1) is 0 Å². The van der Waals surface area contributed by atoms with E-state index >= 15 is 0 Å². The van der Waals surface area contributed by atoms with Crippen LogP contribution in [0.15, 0.2) is 63.8 Å². The third kappa shape index (κ3) is 3.61. The Morgan fingerprint density at radius 2 is 1.75 bits per heavy atom. The molecule has 3 rings (SSSR count). The van der Waals surface area contributed by atoms with Crippen LogP contribution in [0.2, 0.25) is 0 Å². The number of aromatic hydroxyl groups is 1. The number of carbonyl (C=O) groups excluding carboxylic acids is 1. The normalized spacial score (nSPS) is 11.7. The Morgan fingerprint density at radius 3 is 2.42 bits per heavy atom. The number of hydrogen-bond acceptors (Lipinski definition) is 4. The Morgan fingerprint density at radius 1 is 1.12 bits per heavy atom. The largest absolute Gasteiger partial charge is 1.00 e. The van der Waals surface area contributed by atoms with Crippen LogP contribution < -0.4 is 35.2 Å². The minimum absolute atomic E-state index is 0. The number of benzene rings is 2. The molecular formula is C19H17NaO4. The summed E-state index contributed by atoms with van der Waals surface area (Å²) in [5, 5.41) is 11.1. The molecule has 0 spiro atoms. The molecule has 1 aromatic heterocycles. The van der Waals surface area contributed by atoms with E-state index in [-0.39, 0.29) is 54.5 Å². The van der Waals surface area contributed by atoms with Gasteiger partial charge in [0.15, 0.2) is 0 Å². The van der Waals surface area contributed by atoms with Gasteiger partial charge in [0.1, 0.15) is 17.1 Å². The summed E-state index contributed by atoms with van der Waals surface area (Å²) in [4.78, 5) is 24.1. The Bertz CT molecular complexity index is 922. The van der Waals surface area contributed by atoms with E-state index < -0.39 is 11.5 Å². The van der Waals surface area contributed by atoms with Crippen molar-refractivity contribution in [3.05, 3.63) is 76.1 Å². The van der Waals surface area contributed by atoms with Crippen LogP contribution in [0.3, 0.4) is 0 Å². The first-order chi connectivity index (χ1) is 11.1. The fourth-order valence-electron chi connectivity index (χ4n) is 2.81. The van der Waals surface area contributed by atoms with E-state index in [1.165, 1.54) is 6.92 Å². The van der Waals surface area contributed by atoms with Crippen LogP contribution in [0.1, 0.15) is 31.8 Å². The van der Waals surface area contributed by atoms with Crippen molar-refractivity contribution < 1.29 is 45.3 Å². The van der Waals surface area contributed by atoms with Crippen LogP contribution >= 0.6 is 0 Å². The molecule has 0 fully saturated rings. The number of carbonyl (C=O) groups is 1. The zero-order chi connectivity index (χ0) is 16.4. The fraction of sp³-hybridized carbons (Fsp3) is 0.158. The predicted molar refractivity (Wildman–Crippen MR) is 88.8 cm³/mol. The summed E-state index contributed by atoms with van der Waals surface area (Å²) < 4.78 is 5.33. The van der Waals surface area contributed by atoms with Crippen molar-refractivity contribution in [2.24, 2.45) is 0 Å². The fourth-order valence-corrected chi connectivity index (χ4v) is 2.81. The minimum atomic E-state index is -0.615. The molecule has 118 valence electrons. The molecule has 3 aromatic rings. The van der Waals surface area contributed by atoms with Gasteiger partial charge < -0.3 is 11.0 Å². The zero-order valence-corrected chi connectivity index (χ0v) is 15.7. The van der Waals surface area contributed by atoms with Crippen LogP contribution in [0.25, 0.3) is 11.0 Å². The molecule has 1 unspecified atom stereocenters. The average Bonchev–Trinajstić information content (AvgIpc) is 2.54. The predicted octanol–water partition coefficient (Wildman–Crippen LogP) is 0.726.